The molecule has 1 aromatic carbocycles. The van der Waals surface area contributed by atoms with Crippen LogP contribution in [0.15, 0.2) is 24.3 Å². The van der Waals surface area contributed by atoms with Crippen LogP contribution in [-0.2, 0) is 10.5 Å². The van der Waals surface area contributed by atoms with Crippen molar-refractivity contribution in [3.8, 4) is 0 Å². The van der Waals surface area contributed by atoms with E-state index in [1.165, 1.54) is 19.1 Å². The van der Waals surface area contributed by atoms with E-state index in [1.807, 2.05) is 0 Å². The summed E-state index contributed by atoms with van der Waals surface area (Å²) in [5.74, 6) is -2.06. The first kappa shape index (κ1) is 13.3. The van der Waals surface area contributed by atoms with Crippen LogP contribution in [0.3, 0.4) is 0 Å². The van der Waals surface area contributed by atoms with E-state index in [0.29, 0.717) is 5.69 Å². The van der Waals surface area contributed by atoms with Crippen LogP contribution in [0.4, 0.5) is 5.69 Å². The lowest BCUT2D eigenvalue weighted by molar-refractivity contribution is -0.351. The van der Waals surface area contributed by atoms with E-state index in [0.717, 1.165) is 0 Å². The largest absolute Gasteiger partial charge is 0.399 e. The Morgan fingerprint density at radius 3 is 2.22 bits per heavy atom. The number of hydrogen-bond acceptors (Lipinski definition) is 6. The van der Waals surface area contributed by atoms with Crippen molar-refractivity contribution in [1.82, 2.24) is 0 Å². The Hall–Kier alpha value is -1.18. The van der Waals surface area contributed by atoms with Crippen molar-refractivity contribution in [1.29, 1.82) is 0 Å². The lowest BCUT2D eigenvalue weighted by Crippen LogP contribution is -2.62. The summed E-state index contributed by atoms with van der Waals surface area (Å²) < 4.78 is 5.25. The first-order valence-electron chi connectivity index (χ1n) is 5.66. The van der Waals surface area contributed by atoms with E-state index in [9.17, 15) is 20.4 Å². The van der Waals surface area contributed by atoms with Gasteiger partial charge in [-0.3, -0.25) is 0 Å². The van der Waals surface area contributed by atoms with Gasteiger partial charge in [0, 0.05) is 11.3 Å². The lowest BCUT2D eigenvalue weighted by atomic mass is 9.88. The SMILES string of the molecule is C[C@@H]1O[C@@](O)(c2ccc(N)cc2)[C@@H](O)[C@H](O)[C@@H]1O. The number of anilines is 1. The molecule has 1 heterocycles. The van der Waals surface area contributed by atoms with Gasteiger partial charge in [-0.2, -0.15) is 0 Å². The van der Waals surface area contributed by atoms with Crippen LogP contribution in [0.2, 0.25) is 0 Å². The average Bonchev–Trinajstić information content (AvgIpc) is 2.35. The first-order valence-corrected chi connectivity index (χ1v) is 5.66. The molecule has 0 radical (unpaired) electrons. The van der Waals surface area contributed by atoms with Gasteiger partial charge in [0.25, 0.3) is 0 Å². The summed E-state index contributed by atoms with van der Waals surface area (Å²) in [6.45, 7) is 1.50. The Balaban J connectivity index is 2.37. The maximum absolute atomic E-state index is 10.4. The van der Waals surface area contributed by atoms with E-state index >= 15 is 0 Å². The second kappa shape index (κ2) is 4.49. The van der Waals surface area contributed by atoms with Gasteiger partial charge in [0.15, 0.2) is 0 Å². The molecule has 1 saturated heterocycles. The molecule has 0 bridgehead atoms. The Bertz CT molecular complexity index is 423. The molecule has 6 heteroatoms. The molecule has 0 amide bonds. The fourth-order valence-electron chi connectivity index (χ4n) is 2.08. The summed E-state index contributed by atoms with van der Waals surface area (Å²) in [4.78, 5) is 0. The number of aliphatic hydroxyl groups is 4. The van der Waals surface area contributed by atoms with Crippen molar-refractivity contribution in [2.45, 2.75) is 37.1 Å². The topological polar surface area (TPSA) is 116 Å². The van der Waals surface area contributed by atoms with Crippen molar-refractivity contribution in [2.24, 2.45) is 0 Å². The van der Waals surface area contributed by atoms with Crippen molar-refractivity contribution in [3.05, 3.63) is 29.8 Å². The predicted octanol–water partition coefficient (Wildman–Crippen LogP) is -1.08. The van der Waals surface area contributed by atoms with Gasteiger partial charge < -0.3 is 30.9 Å². The van der Waals surface area contributed by atoms with Gasteiger partial charge in [0.05, 0.1) is 6.10 Å². The Morgan fingerprint density at radius 2 is 1.67 bits per heavy atom. The fourth-order valence-corrected chi connectivity index (χ4v) is 2.08. The highest BCUT2D eigenvalue weighted by Crippen LogP contribution is 2.36. The number of hydrogen-bond donors (Lipinski definition) is 5. The molecule has 6 N–H and O–H groups in total. The van der Waals surface area contributed by atoms with Crippen LogP contribution in [0.1, 0.15) is 12.5 Å². The highest BCUT2D eigenvalue weighted by atomic mass is 16.7. The summed E-state index contributed by atoms with van der Waals surface area (Å²) in [5.41, 5.74) is 6.30. The molecule has 18 heavy (non-hydrogen) atoms. The smallest absolute Gasteiger partial charge is 0.222 e. The molecular formula is C12H17NO5. The number of nitrogens with two attached hydrogens (primary N) is 1. The molecule has 5 atom stereocenters. The third-order valence-corrected chi connectivity index (χ3v) is 3.25. The summed E-state index contributed by atoms with van der Waals surface area (Å²) in [7, 11) is 0. The second-order valence-electron chi connectivity index (χ2n) is 4.57. The predicted molar refractivity (Wildman–Crippen MR) is 63.3 cm³/mol. The molecule has 6 nitrogen and oxygen atoms in total. The van der Waals surface area contributed by atoms with Gasteiger partial charge in [0.1, 0.15) is 18.3 Å². The Labute approximate surface area is 104 Å². The Kier molecular flexibility index (Phi) is 3.31. The van der Waals surface area contributed by atoms with E-state index in [1.54, 1.807) is 12.1 Å². The highest BCUT2D eigenvalue weighted by molar-refractivity contribution is 5.41. The molecule has 1 aliphatic heterocycles. The summed E-state index contributed by atoms with van der Waals surface area (Å²) in [6.07, 6.45) is -5.20. The van der Waals surface area contributed by atoms with Crippen molar-refractivity contribution in [3.63, 3.8) is 0 Å². The maximum atomic E-state index is 10.4. The summed E-state index contributed by atoms with van der Waals surface area (Å²) in [5, 5.41) is 39.5. The van der Waals surface area contributed by atoms with Crippen LogP contribution in [0.25, 0.3) is 0 Å². The van der Waals surface area contributed by atoms with Crippen molar-refractivity contribution >= 4 is 5.69 Å². The number of benzene rings is 1. The minimum absolute atomic E-state index is 0.266. The quantitative estimate of drug-likeness (QED) is 0.407. The number of rotatable bonds is 1. The molecule has 2 rings (SSSR count). The van der Waals surface area contributed by atoms with E-state index < -0.39 is 30.2 Å². The lowest BCUT2D eigenvalue weighted by Gasteiger charge is -2.45. The van der Waals surface area contributed by atoms with Crippen LogP contribution >= 0.6 is 0 Å². The van der Waals surface area contributed by atoms with Crippen LogP contribution in [0, 0.1) is 0 Å². The van der Waals surface area contributed by atoms with Gasteiger partial charge in [0.2, 0.25) is 5.79 Å². The minimum atomic E-state index is -2.06. The van der Waals surface area contributed by atoms with Gasteiger partial charge in [-0.1, -0.05) is 12.1 Å². The highest BCUT2D eigenvalue weighted by Gasteiger charge is 2.52. The maximum Gasteiger partial charge on any atom is 0.222 e. The summed E-state index contributed by atoms with van der Waals surface area (Å²) in [6, 6.07) is 6.09. The fraction of sp³-hybridized carbons (Fsp3) is 0.500. The summed E-state index contributed by atoms with van der Waals surface area (Å²) >= 11 is 0. The zero-order valence-corrected chi connectivity index (χ0v) is 9.89. The second-order valence-corrected chi connectivity index (χ2v) is 4.57. The van der Waals surface area contributed by atoms with Crippen molar-refractivity contribution < 1.29 is 25.2 Å². The van der Waals surface area contributed by atoms with Crippen molar-refractivity contribution in [2.75, 3.05) is 5.73 Å². The molecule has 1 aromatic rings. The van der Waals surface area contributed by atoms with E-state index in [4.69, 9.17) is 10.5 Å². The number of aliphatic hydroxyl groups excluding tert-OH is 3. The Morgan fingerprint density at radius 1 is 1.11 bits per heavy atom. The first-order chi connectivity index (χ1) is 8.36. The molecule has 0 spiro atoms. The van der Waals surface area contributed by atoms with Crippen LogP contribution < -0.4 is 5.73 Å². The molecule has 0 aromatic heterocycles. The van der Waals surface area contributed by atoms with Gasteiger partial charge in [-0.25, -0.2) is 0 Å². The number of ether oxygens (including phenoxy) is 1. The zero-order chi connectivity index (χ0) is 13.5. The van der Waals surface area contributed by atoms with Gasteiger partial charge >= 0.3 is 0 Å². The van der Waals surface area contributed by atoms with E-state index in [2.05, 4.69) is 0 Å². The minimum Gasteiger partial charge on any atom is -0.399 e. The molecule has 0 aliphatic carbocycles. The molecule has 0 saturated carbocycles. The zero-order valence-electron chi connectivity index (χ0n) is 9.89. The van der Waals surface area contributed by atoms with Gasteiger partial charge in [-0.05, 0) is 19.1 Å². The standard InChI is InChI=1S/C12H17NO5/c1-6-9(14)10(15)11(16)12(17,18-6)7-2-4-8(13)5-3-7/h2-6,9-11,14-17H,13H2,1H3/t6-,9+,10+,11-,12-/m0/s1. The normalized spacial score (nSPS) is 40.7. The van der Waals surface area contributed by atoms with Gasteiger partial charge in [-0.15, -0.1) is 0 Å². The molecule has 0 unspecified atom stereocenters. The van der Waals surface area contributed by atoms with E-state index in [-0.39, 0.29) is 5.56 Å². The molecule has 1 aliphatic rings. The number of nitrogen functional groups attached to an aromatic ring is 1. The monoisotopic (exact) mass is 255 g/mol. The van der Waals surface area contributed by atoms with Crippen LogP contribution in [0.5, 0.6) is 0 Å². The average molecular weight is 255 g/mol. The third kappa shape index (κ3) is 1.98. The third-order valence-electron chi connectivity index (χ3n) is 3.25. The van der Waals surface area contributed by atoms with Crippen LogP contribution in [-0.4, -0.2) is 44.8 Å². The molecule has 1 fully saturated rings. The molecule has 100 valence electrons. The molecular weight excluding hydrogens is 238 g/mol.